The van der Waals surface area contributed by atoms with Gasteiger partial charge in [0.05, 0.1) is 12.3 Å². The molecule has 0 spiro atoms. The van der Waals surface area contributed by atoms with Crippen LogP contribution in [0, 0.1) is 25.2 Å². The van der Waals surface area contributed by atoms with E-state index < -0.39 is 5.56 Å². The van der Waals surface area contributed by atoms with E-state index in [1.807, 2.05) is 38.3 Å². The summed E-state index contributed by atoms with van der Waals surface area (Å²) in [6.07, 6.45) is 2.76. The Bertz CT molecular complexity index is 799. The molecule has 0 radical (unpaired) electrons. The largest absolute Gasteiger partial charge is 0.493 e. The van der Waals surface area contributed by atoms with Gasteiger partial charge in [0.2, 0.25) is 0 Å². The first-order valence-corrected chi connectivity index (χ1v) is 8.57. The van der Waals surface area contributed by atoms with Crippen LogP contribution < -0.4 is 10.3 Å². The van der Waals surface area contributed by atoms with Gasteiger partial charge in [-0.2, -0.15) is 5.26 Å². The van der Waals surface area contributed by atoms with Gasteiger partial charge in [-0.05, 0) is 49.8 Å². The average molecular weight is 329 g/mol. The molecule has 5 nitrogen and oxygen atoms in total. The van der Waals surface area contributed by atoms with Crippen LogP contribution in [0.15, 0.2) is 22.1 Å². The Morgan fingerprint density at radius 2 is 2.00 bits per heavy atom. The molecule has 0 aliphatic rings. The van der Waals surface area contributed by atoms with E-state index in [0.29, 0.717) is 17.5 Å². The molecule has 120 valence electrons. The molecule has 1 heterocycles. The number of benzene rings is 1. The number of hydrogen-bond acceptors (Lipinski definition) is 5. The Morgan fingerprint density at radius 3 is 2.52 bits per heavy atom. The van der Waals surface area contributed by atoms with Gasteiger partial charge in [-0.15, -0.1) is 0 Å². The summed E-state index contributed by atoms with van der Waals surface area (Å²) in [5.74, 6) is 0.851. The van der Waals surface area contributed by atoms with Crippen LogP contribution in [0.25, 0.3) is 11.3 Å². The maximum atomic E-state index is 12.0. The third-order valence-electron chi connectivity index (χ3n) is 3.39. The number of rotatable bonds is 5. The topological polar surface area (TPSA) is 78.8 Å². The first kappa shape index (κ1) is 17.1. The summed E-state index contributed by atoms with van der Waals surface area (Å²) in [6, 6.07) is 5.77. The highest BCUT2D eigenvalue weighted by atomic mass is 32.2. The monoisotopic (exact) mass is 329 g/mol. The van der Waals surface area contributed by atoms with Crippen LogP contribution in [0.5, 0.6) is 5.75 Å². The maximum absolute atomic E-state index is 12.0. The molecule has 2 aromatic rings. The van der Waals surface area contributed by atoms with Crippen LogP contribution in [0.4, 0.5) is 0 Å². The molecule has 1 aromatic heterocycles. The average Bonchev–Trinajstić information content (AvgIpc) is 2.53. The molecular weight excluding hydrogens is 310 g/mol. The van der Waals surface area contributed by atoms with Crippen molar-refractivity contribution in [2.75, 3.05) is 12.9 Å². The highest BCUT2D eigenvalue weighted by Gasteiger charge is 2.15. The minimum atomic E-state index is -0.413. The first-order chi connectivity index (χ1) is 11.0. The fourth-order valence-electron chi connectivity index (χ4n) is 2.38. The predicted molar refractivity (Wildman–Crippen MR) is 92.0 cm³/mol. The minimum Gasteiger partial charge on any atom is -0.493 e. The fourth-order valence-corrected chi connectivity index (χ4v) is 2.76. The predicted octanol–water partition coefficient (Wildman–Crippen LogP) is 3.44. The van der Waals surface area contributed by atoms with E-state index in [1.54, 1.807) is 0 Å². The molecule has 0 fully saturated rings. The maximum Gasteiger partial charge on any atom is 0.270 e. The van der Waals surface area contributed by atoms with Crippen LogP contribution >= 0.6 is 11.8 Å². The number of nitriles is 1. The molecule has 0 aliphatic heterocycles. The summed E-state index contributed by atoms with van der Waals surface area (Å²) >= 11 is 1.33. The standard InChI is InChI=1S/C17H19N3O2S/c1-5-6-22-15-10(2)7-12(8-11(15)3)14-13(9-18)16(21)20-17(19-14)23-4/h7-8H,5-6H2,1-4H3,(H,19,20,21). The summed E-state index contributed by atoms with van der Waals surface area (Å²) < 4.78 is 5.78. The van der Waals surface area contributed by atoms with Crippen molar-refractivity contribution in [3.63, 3.8) is 0 Å². The van der Waals surface area contributed by atoms with Crippen molar-refractivity contribution in [1.29, 1.82) is 5.26 Å². The lowest BCUT2D eigenvalue weighted by Crippen LogP contribution is -2.14. The number of hydrogen-bond donors (Lipinski definition) is 1. The Kier molecular flexibility index (Phi) is 5.45. The summed E-state index contributed by atoms with van der Waals surface area (Å²) in [7, 11) is 0. The Hall–Kier alpha value is -2.26. The molecule has 23 heavy (non-hydrogen) atoms. The molecular formula is C17H19N3O2S. The highest BCUT2D eigenvalue weighted by Crippen LogP contribution is 2.30. The lowest BCUT2D eigenvalue weighted by molar-refractivity contribution is 0.313. The number of aromatic nitrogens is 2. The van der Waals surface area contributed by atoms with Crippen molar-refractivity contribution in [1.82, 2.24) is 9.97 Å². The van der Waals surface area contributed by atoms with Gasteiger partial charge < -0.3 is 9.72 Å². The number of thioether (sulfide) groups is 1. The van der Waals surface area contributed by atoms with Crippen molar-refractivity contribution in [2.24, 2.45) is 0 Å². The fraction of sp³-hybridized carbons (Fsp3) is 0.353. The van der Waals surface area contributed by atoms with Crippen LogP contribution in [0.2, 0.25) is 0 Å². The molecule has 6 heteroatoms. The van der Waals surface area contributed by atoms with Gasteiger partial charge in [-0.3, -0.25) is 4.79 Å². The lowest BCUT2D eigenvalue weighted by Gasteiger charge is -2.14. The zero-order valence-corrected chi connectivity index (χ0v) is 14.5. The number of nitrogens with zero attached hydrogens (tertiary/aromatic N) is 2. The summed E-state index contributed by atoms with van der Waals surface area (Å²) in [4.78, 5) is 19.1. The lowest BCUT2D eigenvalue weighted by atomic mass is 10.0. The molecule has 0 saturated carbocycles. The van der Waals surface area contributed by atoms with Gasteiger partial charge in [-0.1, -0.05) is 18.7 Å². The second kappa shape index (κ2) is 7.34. The summed E-state index contributed by atoms with van der Waals surface area (Å²) in [5, 5.41) is 9.78. The van der Waals surface area contributed by atoms with Gasteiger partial charge in [0.25, 0.3) is 5.56 Å². The van der Waals surface area contributed by atoms with E-state index in [2.05, 4.69) is 16.9 Å². The molecule has 0 bridgehead atoms. The SMILES string of the molecule is CCCOc1c(C)cc(-c2nc(SC)[nH]c(=O)c2C#N)cc1C. The number of H-pyrrole nitrogens is 1. The van der Waals surface area contributed by atoms with Crippen molar-refractivity contribution in [3.8, 4) is 23.1 Å². The van der Waals surface area contributed by atoms with Crippen LogP contribution in [0.3, 0.4) is 0 Å². The molecule has 0 aliphatic carbocycles. The second-order valence-electron chi connectivity index (χ2n) is 5.20. The minimum absolute atomic E-state index is 0.0313. The Morgan fingerprint density at radius 1 is 1.35 bits per heavy atom. The van der Waals surface area contributed by atoms with E-state index >= 15 is 0 Å². The van der Waals surface area contributed by atoms with E-state index in [1.165, 1.54) is 11.8 Å². The van der Waals surface area contributed by atoms with E-state index in [0.717, 1.165) is 28.9 Å². The number of aromatic amines is 1. The molecule has 0 unspecified atom stereocenters. The second-order valence-corrected chi connectivity index (χ2v) is 5.99. The van der Waals surface area contributed by atoms with Gasteiger partial charge >= 0.3 is 0 Å². The zero-order valence-electron chi connectivity index (χ0n) is 13.7. The summed E-state index contributed by atoms with van der Waals surface area (Å²) in [6.45, 7) is 6.62. The zero-order chi connectivity index (χ0) is 17.0. The van der Waals surface area contributed by atoms with Gasteiger partial charge in [0.15, 0.2) is 5.16 Å². The number of aryl methyl sites for hydroxylation is 2. The Balaban J connectivity index is 2.62. The van der Waals surface area contributed by atoms with E-state index in [-0.39, 0.29) is 5.56 Å². The van der Waals surface area contributed by atoms with Gasteiger partial charge in [0.1, 0.15) is 17.4 Å². The molecule has 0 saturated heterocycles. The number of ether oxygens (including phenoxy) is 1. The molecule has 2 rings (SSSR count). The van der Waals surface area contributed by atoms with E-state index in [9.17, 15) is 10.1 Å². The smallest absolute Gasteiger partial charge is 0.270 e. The first-order valence-electron chi connectivity index (χ1n) is 7.34. The van der Waals surface area contributed by atoms with Crippen LogP contribution in [-0.4, -0.2) is 22.8 Å². The van der Waals surface area contributed by atoms with Crippen LogP contribution in [0.1, 0.15) is 30.0 Å². The van der Waals surface area contributed by atoms with Crippen molar-refractivity contribution >= 4 is 11.8 Å². The van der Waals surface area contributed by atoms with E-state index in [4.69, 9.17) is 4.74 Å². The normalized spacial score (nSPS) is 10.4. The molecule has 1 aromatic carbocycles. The van der Waals surface area contributed by atoms with Crippen molar-refractivity contribution in [3.05, 3.63) is 39.2 Å². The van der Waals surface area contributed by atoms with Crippen molar-refractivity contribution in [2.45, 2.75) is 32.3 Å². The highest BCUT2D eigenvalue weighted by molar-refractivity contribution is 7.98. The molecule has 0 atom stereocenters. The Labute approximate surface area is 139 Å². The quantitative estimate of drug-likeness (QED) is 0.671. The third kappa shape index (κ3) is 3.57. The summed E-state index contributed by atoms with van der Waals surface area (Å²) in [5.41, 5.74) is 2.71. The number of nitrogens with one attached hydrogen (secondary N) is 1. The molecule has 0 amide bonds. The van der Waals surface area contributed by atoms with Crippen molar-refractivity contribution < 1.29 is 4.74 Å². The van der Waals surface area contributed by atoms with Gasteiger partial charge in [-0.25, -0.2) is 4.98 Å². The van der Waals surface area contributed by atoms with Crippen LogP contribution in [-0.2, 0) is 0 Å². The van der Waals surface area contributed by atoms with Gasteiger partial charge in [0, 0.05) is 5.56 Å². The third-order valence-corrected chi connectivity index (χ3v) is 3.97. The molecule has 1 N–H and O–H groups in total.